The van der Waals surface area contributed by atoms with Crippen molar-refractivity contribution in [3.8, 4) is 5.75 Å². The van der Waals surface area contributed by atoms with E-state index in [1.165, 1.54) is 38.2 Å². The van der Waals surface area contributed by atoms with Crippen molar-refractivity contribution in [1.82, 2.24) is 4.90 Å². The van der Waals surface area contributed by atoms with Crippen LogP contribution < -0.4 is 15.4 Å². The van der Waals surface area contributed by atoms with Crippen molar-refractivity contribution in [3.05, 3.63) is 24.3 Å². The van der Waals surface area contributed by atoms with E-state index in [4.69, 9.17) is 10.5 Å². The van der Waals surface area contributed by atoms with Crippen LogP contribution in [-0.2, 0) is 0 Å². The molecule has 0 aromatic heterocycles. The van der Waals surface area contributed by atoms with Crippen molar-refractivity contribution in [2.45, 2.75) is 24.8 Å². The van der Waals surface area contributed by atoms with Gasteiger partial charge >= 0.3 is 0 Å². The van der Waals surface area contributed by atoms with Crippen LogP contribution in [0.1, 0.15) is 19.3 Å². The molecule has 4 nitrogen and oxygen atoms in total. The number of rotatable bonds is 2. The van der Waals surface area contributed by atoms with Gasteiger partial charge in [0.05, 0.1) is 17.8 Å². The van der Waals surface area contributed by atoms with Gasteiger partial charge in [-0.2, -0.15) is 0 Å². The third-order valence-electron chi connectivity index (χ3n) is 5.72. The van der Waals surface area contributed by atoms with E-state index >= 15 is 0 Å². The minimum absolute atomic E-state index is 0.122. The summed E-state index contributed by atoms with van der Waals surface area (Å²) >= 11 is 0. The lowest BCUT2D eigenvalue weighted by Crippen LogP contribution is -2.62. The van der Waals surface area contributed by atoms with Gasteiger partial charge in [-0.05, 0) is 43.9 Å². The Bertz CT molecular complexity index is 521. The van der Waals surface area contributed by atoms with E-state index in [1.54, 1.807) is 0 Å². The Morgan fingerprint density at radius 2 is 2.14 bits per heavy atom. The summed E-state index contributed by atoms with van der Waals surface area (Å²) in [6.45, 7) is 6.28. The highest BCUT2D eigenvalue weighted by Gasteiger charge is 2.49. The van der Waals surface area contributed by atoms with E-state index < -0.39 is 0 Å². The van der Waals surface area contributed by atoms with Crippen molar-refractivity contribution in [1.29, 1.82) is 0 Å². The van der Waals surface area contributed by atoms with Crippen LogP contribution in [0.3, 0.4) is 0 Å². The molecule has 3 unspecified atom stereocenters. The molecular formula is C17H25N3O. The largest absolute Gasteiger partial charge is 0.491 e. The average molecular weight is 287 g/mol. The van der Waals surface area contributed by atoms with Crippen LogP contribution in [0.4, 0.5) is 5.69 Å². The third-order valence-corrected chi connectivity index (χ3v) is 5.72. The lowest BCUT2D eigenvalue weighted by Gasteiger charge is -2.51. The monoisotopic (exact) mass is 287 g/mol. The van der Waals surface area contributed by atoms with Crippen LogP contribution in [0, 0.1) is 5.92 Å². The van der Waals surface area contributed by atoms with E-state index in [1.807, 2.05) is 0 Å². The Labute approximate surface area is 126 Å². The number of para-hydroxylation sites is 2. The molecule has 0 saturated carbocycles. The maximum absolute atomic E-state index is 6.36. The molecule has 0 spiro atoms. The molecule has 3 aliphatic rings. The quantitative estimate of drug-likeness (QED) is 0.899. The maximum atomic E-state index is 6.36. The molecule has 2 saturated heterocycles. The van der Waals surface area contributed by atoms with Crippen molar-refractivity contribution in [2.24, 2.45) is 11.7 Å². The standard InChI is InChI=1S/C17H25N3O/c18-13-17(7-10-19-9-6-14(17)12-19)20-8-3-11-21-16-5-2-1-4-15(16)20/h1-2,4-5,14H,3,6-13,18H2. The first kappa shape index (κ1) is 13.4. The predicted octanol–water partition coefficient (Wildman–Crippen LogP) is 1.70. The van der Waals surface area contributed by atoms with Crippen LogP contribution in [0.25, 0.3) is 0 Å². The maximum Gasteiger partial charge on any atom is 0.142 e. The Morgan fingerprint density at radius 3 is 3.05 bits per heavy atom. The van der Waals surface area contributed by atoms with Crippen molar-refractivity contribution in [3.63, 3.8) is 0 Å². The van der Waals surface area contributed by atoms with Crippen LogP contribution in [0.15, 0.2) is 24.3 Å². The second kappa shape index (κ2) is 5.18. The van der Waals surface area contributed by atoms with E-state index in [-0.39, 0.29) is 5.54 Å². The summed E-state index contributed by atoms with van der Waals surface area (Å²) in [5.41, 5.74) is 7.73. The molecule has 114 valence electrons. The highest BCUT2D eigenvalue weighted by atomic mass is 16.5. The fourth-order valence-electron chi connectivity index (χ4n) is 4.55. The molecule has 0 radical (unpaired) electrons. The van der Waals surface area contributed by atoms with Gasteiger partial charge in [0.1, 0.15) is 5.75 Å². The molecule has 3 aliphatic heterocycles. The van der Waals surface area contributed by atoms with Crippen molar-refractivity contribution >= 4 is 5.69 Å². The zero-order chi connectivity index (χ0) is 14.3. The lowest BCUT2D eigenvalue weighted by molar-refractivity contribution is 0.163. The summed E-state index contributed by atoms with van der Waals surface area (Å²) < 4.78 is 5.95. The molecular weight excluding hydrogens is 262 g/mol. The van der Waals surface area contributed by atoms with Gasteiger partial charge in [-0.15, -0.1) is 0 Å². The minimum Gasteiger partial charge on any atom is -0.491 e. The Kier molecular flexibility index (Phi) is 3.31. The van der Waals surface area contributed by atoms with E-state index in [0.29, 0.717) is 5.92 Å². The van der Waals surface area contributed by atoms with E-state index in [9.17, 15) is 0 Å². The second-order valence-electron chi connectivity index (χ2n) is 6.67. The molecule has 1 aromatic rings. The molecule has 4 heteroatoms. The van der Waals surface area contributed by atoms with Crippen molar-refractivity contribution in [2.75, 3.05) is 44.2 Å². The molecule has 2 bridgehead atoms. The van der Waals surface area contributed by atoms with Gasteiger partial charge in [-0.25, -0.2) is 0 Å². The fraction of sp³-hybridized carbons (Fsp3) is 0.647. The first-order valence-electron chi connectivity index (χ1n) is 8.25. The number of fused-ring (bicyclic) bond motifs is 3. The Morgan fingerprint density at radius 1 is 1.24 bits per heavy atom. The lowest BCUT2D eigenvalue weighted by atomic mass is 9.76. The number of nitrogens with zero attached hydrogens (tertiary/aromatic N) is 2. The molecule has 21 heavy (non-hydrogen) atoms. The number of hydrogen-bond donors (Lipinski definition) is 1. The van der Waals surface area contributed by atoms with Crippen LogP contribution in [-0.4, -0.2) is 49.8 Å². The smallest absolute Gasteiger partial charge is 0.142 e. The van der Waals surface area contributed by atoms with Crippen LogP contribution >= 0.6 is 0 Å². The number of ether oxygens (including phenoxy) is 1. The number of benzene rings is 1. The van der Waals surface area contributed by atoms with Gasteiger partial charge in [0, 0.05) is 26.2 Å². The third kappa shape index (κ3) is 2.04. The van der Waals surface area contributed by atoms with Crippen molar-refractivity contribution < 1.29 is 4.74 Å². The molecule has 2 N–H and O–H groups in total. The van der Waals surface area contributed by atoms with Gasteiger partial charge in [0.2, 0.25) is 0 Å². The molecule has 0 aliphatic carbocycles. The van der Waals surface area contributed by atoms with Gasteiger partial charge in [-0.1, -0.05) is 12.1 Å². The number of hydrogen-bond acceptors (Lipinski definition) is 4. The Balaban J connectivity index is 1.76. The summed E-state index contributed by atoms with van der Waals surface area (Å²) in [6.07, 6.45) is 3.55. The highest BCUT2D eigenvalue weighted by molar-refractivity contribution is 5.61. The average Bonchev–Trinajstić information content (AvgIpc) is 2.80. The summed E-state index contributed by atoms with van der Waals surface area (Å²) in [7, 11) is 0. The van der Waals surface area contributed by atoms with Crippen LogP contribution in [0.5, 0.6) is 5.75 Å². The summed E-state index contributed by atoms with van der Waals surface area (Å²) in [4.78, 5) is 5.20. The summed E-state index contributed by atoms with van der Waals surface area (Å²) in [5.74, 6) is 1.73. The van der Waals surface area contributed by atoms with Gasteiger partial charge in [0.15, 0.2) is 0 Å². The van der Waals surface area contributed by atoms with Crippen LogP contribution in [0.2, 0.25) is 0 Å². The number of piperidine rings is 1. The topological polar surface area (TPSA) is 41.7 Å². The predicted molar refractivity (Wildman–Crippen MR) is 84.8 cm³/mol. The van der Waals surface area contributed by atoms with Gasteiger partial charge in [0.25, 0.3) is 0 Å². The molecule has 3 heterocycles. The normalized spacial score (nSPS) is 35.0. The zero-order valence-corrected chi connectivity index (χ0v) is 12.6. The minimum atomic E-state index is 0.122. The first-order valence-corrected chi connectivity index (χ1v) is 8.25. The Hall–Kier alpha value is -1.26. The second-order valence-corrected chi connectivity index (χ2v) is 6.67. The SMILES string of the molecule is NCC1(N2CCCOc3ccccc32)CCN2CCC1C2. The molecule has 4 rings (SSSR count). The highest BCUT2D eigenvalue weighted by Crippen LogP contribution is 2.44. The molecule has 1 aromatic carbocycles. The number of anilines is 1. The first-order chi connectivity index (χ1) is 10.3. The summed E-state index contributed by atoms with van der Waals surface area (Å²) in [6, 6.07) is 8.49. The van der Waals surface area contributed by atoms with Gasteiger partial charge in [-0.3, -0.25) is 0 Å². The molecule has 2 fully saturated rings. The summed E-state index contributed by atoms with van der Waals surface area (Å²) in [5, 5.41) is 0. The zero-order valence-electron chi connectivity index (χ0n) is 12.6. The molecule has 3 atom stereocenters. The van der Waals surface area contributed by atoms with E-state index in [0.717, 1.165) is 31.9 Å². The fourth-order valence-corrected chi connectivity index (χ4v) is 4.55. The van der Waals surface area contributed by atoms with E-state index in [2.05, 4.69) is 34.1 Å². The molecule has 0 amide bonds. The number of nitrogens with two attached hydrogens (primary N) is 1. The van der Waals surface area contributed by atoms with Gasteiger partial charge < -0.3 is 20.3 Å².